The molecule has 0 bridgehead atoms. The molecule has 100 valence electrons. The minimum atomic E-state index is -0.0424. The Kier molecular flexibility index (Phi) is 4.53. The molecule has 1 aromatic heterocycles. The summed E-state index contributed by atoms with van der Waals surface area (Å²) in [5.74, 6) is -0.0424. The Morgan fingerprint density at radius 3 is 2.79 bits per heavy atom. The molecule has 0 spiro atoms. The van der Waals surface area contributed by atoms with Crippen LogP contribution in [0.25, 0.3) is 10.9 Å². The molecule has 0 aliphatic rings. The number of alkyl halides is 1. The monoisotopic (exact) mass is 320 g/mol. The molecule has 0 aliphatic heterocycles. The Labute approximate surface area is 121 Å². The van der Waals surface area contributed by atoms with E-state index in [2.05, 4.69) is 33.2 Å². The molecule has 0 fully saturated rings. The van der Waals surface area contributed by atoms with Gasteiger partial charge in [-0.25, -0.2) is 0 Å². The summed E-state index contributed by atoms with van der Waals surface area (Å²) < 4.78 is 0. The number of benzene rings is 1. The first-order valence-electron chi connectivity index (χ1n) is 6.36. The highest BCUT2D eigenvalue weighted by molar-refractivity contribution is 9.09. The van der Waals surface area contributed by atoms with Crippen molar-refractivity contribution < 1.29 is 4.79 Å². The zero-order valence-corrected chi connectivity index (χ0v) is 12.6. The van der Waals surface area contributed by atoms with Crippen LogP contribution in [0, 0.1) is 0 Å². The van der Waals surface area contributed by atoms with Gasteiger partial charge in [-0.1, -0.05) is 41.1 Å². The van der Waals surface area contributed by atoms with Crippen LogP contribution in [0.3, 0.4) is 0 Å². The number of fused-ring (bicyclic) bond motifs is 1. The van der Waals surface area contributed by atoms with Gasteiger partial charge < -0.3 is 5.32 Å². The van der Waals surface area contributed by atoms with Crippen molar-refractivity contribution in [2.75, 3.05) is 0 Å². The largest absolute Gasteiger partial charge is 0.350 e. The van der Waals surface area contributed by atoms with E-state index in [0.717, 1.165) is 17.3 Å². The standard InChI is InChI=1S/C15H17BrN2O/c1-10(16)9-11(2)18-15(19)13-7-8-17-14-6-4-3-5-12(13)14/h3-8,10-11H,9H2,1-2H3,(H,18,19). The maximum atomic E-state index is 12.3. The fourth-order valence-electron chi connectivity index (χ4n) is 2.14. The van der Waals surface area contributed by atoms with Gasteiger partial charge in [0, 0.05) is 22.5 Å². The summed E-state index contributed by atoms with van der Waals surface area (Å²) in [5, 5.41) is 3.91. The molecule has 0 saturated heterocycles. The molecule has 4 heteroatoms. The molecule has 2 atom stereocenters. The molecule has 2 rings (SSSR count). The predicted octanol–water partition coefficient (Wildman–Crippen LogP) is 3.53. The van der Waals surface area contributed by atoms with Crippen LogP contribution in [0.15, 0.2) is 36.5 Å². The quantitative estimate of drug-likeness (QED) is 0.876. The second-order valence-corrected chi connectivity index (χ2v) is 6.33. The van der Waals surface area contributed by atoms with Crippen molar-refractivity contribution in [2.45, 2.75) is 31.1 Å². The highest BCUT2D eigenvalue weighted by atomic mass is 79.9. The fourth-order valence-corrected chi connectivity index (χ4v) is 2.70. The number of carbonyl (C=O) groups excluding carboxylic acids is 1. The van der Waals surface area contributed by atoms with Crippen molar-refractivity contribution in [3.63, 3.8) is 0 Å². The van der Waals surface area contributed by atoms with Gasteiger partial charge in [0.2, 0.25) is 0 Å². The molecule has 0 saturated carbocycles. The third-order valence-electron chi connectivity index (χ3n) is 2.95. The van der Waals surface area contributed by atoms with Crippen molar-refractivity contribution in [2.24, 2.45) is 0 Å². The van der Waals surface area contributed by atoms with Crippen molar-refractivity contribution in [1.82, 2.24) is 10.3 Å². The molecular weight excluding hydrogens is 304 g/mol. The van der Waals surface area contributed by atoms with E-state index < -0.39 is 0 Å². The average molecular weight is 321 g/mol. The van der Waals surface area contributed by atoms with Gasteiger partial charge in [-0.2, -0.15) is 0 Å². The zero-order chi connectivity index (χ0) is 13.8. The van der Waals surface area contributed by atoms with Crippen molar-refractivity contribution in [3.8, 4) is 0 Å². The minimum Gasteiger partial charge on any atom is -0.350 e. The third-order valence-corrected chi connectivity index (χ3v) is 3.32. The molecule has 2 aromatic rings. The number of nitrogens with zero attached hydrogens (tertiary/aromatic N) is 1. The van der Waals surface area contributed by atoms with Crippen LogP contribution in [0.5, 0.6) is 0 Å². The number of nitrogens with one attached hydrogen (secondary N) is 1. The SMILES string of the molecule is CC(Br)CC(C)NC(=O)c1ccnc2ccccc12. The van der Waals surface area contributed by atoms with E-state index >= 15 is 0 Å². The molecule has 1 N–H and O–H groups in total. The van der Waals surface area contributed by atoms with Crippen molar-refractivity contribution >= 4 is 32.7 Å². The van der Waals surface area contributed by atoms with Gasteiger partial charge in [-0.15, -0.1) is 0 Å². The van der Waals surface area contributed by atoms with Gasteiger partial charge in [0.05, 0.1) is 11.1 Å². The van der Waals surface area contributed by atoms with Crippen molar-refractivity contribution in [1.29, 1.82) is 0 Å². The van der Waals surface area contributed by atoms with E-state index in [0.29, 0.717) is 10.4 Å². The third kappa shape index (κ3) is 3.53. The summed E-state index contributed by atoms with van der Waals surface area (Å²) in [6.07, 6.45) is 2.57. The summed E-state index contributed by atoms with van der Waals surface area (Å²) in [4.78, 5) is 16.9. The lowest BCUT2D eigenvalue weighted by Gasteiger charge is -2.15. The lowest BCUT2D eigenvalue weighted by Crippen LogP contribution is -2.34. The summed E-state index contributed by atoms with van der Waals surface area (Å²) in [7, 11) is 0. The number of amides is 1. The Morgan fingerprint density at radius 2 is 2.05 bits per heavy atom. The van der Waals surface area contributed by atoms with E-state index in [1.165, 1.54) is 0 Å². The molecule has 1 amide bonds. The molecule has 0 aliphatic carbocycles. The summed E-state index contributed by atoms with van der Waals surface area (Å²) >= 11 is 3.50. The number of rotatable bonds is 4. The van der Waals surface area contributed by atoms with Crippen LogP contribution in [0.4, 0.5) is 0 Å². The van der Waals surface area contributed by atoms with Crippen LogP contribution < -0.4 is 5.32 Å². The number of hydrogen-bond acceptors (Lipinski definition) is 2. The van der Waals surface area contributed by atoms with Gasteiger partial charge in [-0.3, -0.25) is 9.78 Å². The zero-order valence-electron chi connectivity index (χ0n) is 11.1. The van der Waals surface area contributed by atoms with E-state index in [1.54, 1.807) is 12.3 Å². The number of pyridine rings is 1. The summed E-state index contributed by atoms with van der Waals surface area (Å²) in [6, 6.07) is 9.58. The molecule has 1 aromatic carbocycles. The molecule has 0 radical (unpaired) electrons. The van der Waals surface area contributed by atoms with Gasteiger partial charge in [0.1, 0.15) is 0 Å². The van der Waals surface area contributed by atoms with Gasteiger partial charge in [0.25, 0.3) is 5.91 Å². The van der Waals surface area contributed by atoms with Crippen LogP contribution in [-0.4, -0.2) is 21.8 Å². The number of carbonyl (C=O) groups is 1. The second kappa shape index (κ2) is 6.15. The Bertz CT molecular complexity index is 578. The summed E-state index contributed by atoms with van der Waals surface area (Å²) in [6.45, 7) is 4.09. The second-order valence-electron chi connectivity index (χ2n) is 4.77. The minimum absolute atomic E-state index is 0.0424. The molecule has 19 heavy (non-hydrogen) atoms. The Hall–Kier alpha value is -1.42. The Balaban J connectivity index is 2.22. The van der Waals surface area contributed by atoms with Gasteiger partial charge >= 0.3 is 0 Å². The Morgan fingerprint density at radius 1 is 1.32 bits per heavy atom. The van der Waals surface area contributed by atoms with Crippen LogP contribution in [0.1, 0.15) is 30.6 Å². The van der Waals surface area contributed by atoms with Crippen LogP contribution in [0.2, 0.25) is 0 Å². The van der Waals surface area contributed by atoms with E-state index in [4.69, 9.17) is 0 Å². The maximum Gasteiger partial charge on any atom is 0.252 e. The van der Waals surface area contributed by atoms with Crippen LogP contribution >= 0.6 is 15.9 Å². The number of hydrogen-bond donors (Lipinski definition) is 1. The van der Waals surface area contributed by atoms with E-state index in [1.807, 2.05) is 31.2 Å². The van der Waals surface area contributed by atoms with Crippen LogP contribution in [-0.2, 0) is 0 Å². The first-order valence-corrected chi connectivity index (χ1v) is 7.28. The maximum absolute atomic E-state index is 12.3. The predicted molar refractivity (Wildman–Crippen MR) is 81.7 cm³/mol. The topological polar surface area (TPSA) is 42.0 Å². The molecular formula is C15H17BrN2O. The first-order chi connectivity index (χ1) is 9.08. The van der Waals surface area contributed by atoms with E-state index in [9.17, 15) is 4.79 Å². The van der Waals surface area contributed by atoms with Gasteiger partial charge in [0.15, 0.2) is 0 Å². The normalized spacial score (nSPS) is 14.1. The summed E-state index contributed by atoms with van der Waals surface area (Å²) in [5.41, 5.74) is 1.52. The number of aromatic nitrogens is 1. The van der Waals surface area contributed by atoms with E-state index in [-0.39, 0.29) is 11.9 Å². The van der Waals surface area contributed by atoms with Gasteiger partial charge in [-0.05, 0) is 25.5 Å². The molecule has 3 nitrogen and oxygen atoms in total. The highest BCUT2D eigenvalue weighted by Crippen LogP contribution is 2.16. The van der Waals surface area contributed by atoms with Crippen molar-refractivity contribution in [3.05, 3.63) is 42.1 Å². The lowest BCUT2D eigenvalue weighted by molar-refractivity contribution is 0.0940. The fraction of sp³-hybridized carbons (Fsp3) is 0.333. The number of halogens is 1. The first kappa shape index (κ1) is 14.0. The average Bonchev–Trinajstić information content (AvgIpc) is 2.36. The molecule has 2 unspecified atom stereocenters. The highest BCUT2D eigenvalue weighted by Gasteiger charge is 2.13. The number of para-hydroxylation sites is 1. The molecule has 1 heterocycles. The smallest absolute Gasteiger partial charge is 0.252 e. The lowest BCUT2D eigenvalue weighted by atomic mass is 10.1.